The van der Waals surface area contributed by atoms with Gasteiger partial charge in [-0.25, -0.2) is 9.97 Å². The van der Waals surface area contributed by atoms with Crippen LogP contribution in [0.4, 0.5) is 5.82 Å². The van der Waals surface area contributed by atoms with E-state index >= 15 is 0 Å². The van der Waals surface area contributed by atoms with Gasteiger partial charge in [-0.1, -0.05) is 36.4 Å². The van der Waals surface area contributed by atoms with E-state index in [9.17, 15) is 0 Å². The Balaban J connectivity index is 1.64. The molecule has 3 aromatic heterocycles. The Bertz CT molecular complexity index is 1030. The average Bonchev–Trinajstić information content (AvgIpc) is 3.45. The molecule has 1 saturated carbocycles. The maximum absolute atomic E-state index is 4.72. The zero-order valence-electron chi connectivity index (χ0n) is 14.2. The highest BCUT2D eigenvalue weighted by molar-refractivity contribution is 7.17. The maximum Gasteiger partial charge on any atom is 0.142 e. The highest BCUT2D eigenvalue weighted by atomic mass is 32.1. The number of rotatable bonds is 5. The quantitative estimate of drug-likeness (QED) is 0.508. The highest BCUT2D eigenvalue weighted by Crippen LogP contribution is 2.41. The summed E-state index contributed by atoms with van der Waals surface area (Å²) in [4.78, 5) is 17.2. The summed E-state index contributed by atoms with van der Waals surface area (Å²) in [7, 11) is 0. The van der Waals surface area contributed by atoms with Crippen molar-refractivity contribution in [3.8, 4) is 11.1 Å². The summed E-state index contributed by atoms with van der Waals surface area (Å²) in [5.41, 5.74) is 3.50. The van der Waals surface area contributed by atoms with E-state index in [1.54, 1.807) is 17.7 Å². The van der Waals surface area contributed by atoms with Crippen LogP contribution in [0.1, 0.15) is 18.5 Å². The lowest BCUT2D eigenvalue weighted by atomic mass is 10.1. The Morgan fingerprint density at radius 1 is 0.962 bits per heavy atom. The van der Waals surface area contributed by atoms with Gasteiger partial charge in [0, 0.05) is 23.2 Å². The van der Waals surface area contributed by atoms with E-state index in [0.717, 1.165) is 28.3 Å². The third-order valence-corrected chi connectivity index (χ3v) is 5.64. The molecule has 5 rings (SSSR count). The summed E-state index contributed by atoms with van der Waals surface area (Å²) >= 11 is 1.69. The van der Waals surface area contributed by atoms with Gasteiger partial charge in [0.1, 0.15) is 17.0 Å². The topological polar surface area (TPSA) is 41.9 Å². The summed E-state index contributed by atoms with van der Waals surface area (Å²) in [6.07, 6.45) is 5.97. The number of anilines is 1. The Kier molecular flexibility index (Phi) is 3.87. The van der Waals surface area contributed by atoms with Crippen molar-refractivity contribution in [3.63, 3.8) is 0 Å². The van der Waals surface area contributed by atoms with Crippen LogP contribution in [-0.2, 0) is 6.54 Å². The van der Waals surface area contributed by atoms with Crippen LogP contribution in [-0.4, -0.2) is 21.0 Å². The molecular weight excluding hydrogens is 340 g/mol. The largest absolute Gasteiger partial charge is 0.347 e. The van der Waals surface area contributed by atoms with E-state index in [-0.39, 0.29) is 0 Å². The molecule has 0 radical (unpaired) electrons. The van der Waals surface area contributed by atoms with E-state index in [2.05, 4.69) is 50.6 Å². The molecule has 0 aliphatic heterocycles. The maximum atomic E-state index is 4.72. The Morgan fingerprint density at radius 3 is 2.58 bits per heavy atom. The smallest absolute Gasteiger partial charge is 0.142 e. The third-order valence-electron chi connectivity index (χ3n) is 4.75. The summed E-state index contributed by atoms with van der Waals surface area (Å²) in [5, 5.41) is 3.36. The van der Waals surface area contributed by atoms with Gasteiger partial charge in [0.15, 0.2) is 0 Å². The normalized spacial score (nSPS) is 13.8. The first-order valence-electron chi connectivity index (χ1n) is 8.84. The monoisotopic (exact) mass is 358 g/mol. The van der Waals surface area contributed by atoms with Gasteiger partial charge in [0.25, 0.3) is 0 Å². The van der Waals surface area contributed by atoms with Crippen LogP contribution < -0.4 is 4.90 Å². The molecule has 0 saturated heterocycles. The van der Waals surface area contributed by atoms with Gasteiger partial charge in [-0.2, -0.15) is 0 Å². The van der Waals surface area contributed by atoms with Crippen molar-refractivity contribution >= 4 is 27.4 Å². The van der Waals surface area contributed by atoms with E-state index in [1.807, 2.05) is 24.4 Å². The van der Waals surface area contributed by atoms with Crippen LogP contribution in [0.25, 0.3) is 21.3 Å². The van der Waals surface area contributed by atoms with E-state index in [4.69, 9.17) is 4.98 Å². The second kappa shape index (κ2) is 6.50. The summed E-state index contributed by atoms with van der Waals surface area (Å²) in [6, 6.07) is 17.1. The molecule has 128 valence electrons. The van der Waals surface area contributed by atoms with Crippen LogP contribution in [0.3, 0.4) is 0 Å². The fourth-order valence-corrected chi connectivity index (χ4v) is 4.25. The summed E-state index contributed by atoms with van der Waals surface area (Å²) < 4.78 is 0. The van der Waals surface area contributed by atoms with Gasteiger partial charge in [-0.3, -0.25) is 4.98 Å². The zero-order chi connectivity index (χ0) is 17.3. The zero-order valence-corrected chi connectivity index (χ0v) is 15.1. The van der Waals surface area contributed by atoms with E-state index in [0.29, 0.717) is 6.04 Å². The van der Waals surface area contributed by atoms with Crippen molar-refractivity contribution in [2.24, 2.45) is 0 Å². The number of fused-ring (bicyclic) bond motifs is 1. The highest BCUT2D eigenvalue weighted by Gasteiger charge is 2.32. The van der Waals surface area contributed by atoms with E-state index in [1.165, 1.54) is 24.0 Å². The molecule has 1 aliphatic rings. The first kappa shape index (κ1) is 15.5. The SMILES string of the molecule is c1ccc(-c2csc3ncnc(N(Cc4ccccn4)C4CC4)c23)cc1. The predicted octanol–water partition coefficient (Wildman–Crippen LogP) is 4.92. The second-order valence-electron chi connectivity index (χ2n) is 6.57. The van der Waals surface area contributed by atoms with Crippen LogP contribution in [0.2, 0.25) is 0 Å². The minimum Gasteiger partial charge on any atom is -0.347 e. The fourth-order valence-electron chi connectivity index (χ4n) is 3.34. The van der Waals surface area contributed by atoms with Gasteiger partial charge in [0.05, 0.1) is 17.6 Å². The van der Waals surface area contributed by atoms with Gasteiger partial charge in [-0.15, -0.1) is 11.3 Å². The summed E-state index contributed by atoms with van der Waals surface area (Å²) in [5.74, 6) is 1.03. The lowest BCUT2D eigenvalue weighted by molar-refractivity contribution is 0.764. The van der Waals surface area contributed by atoms with Gasteiger partial charge < -0.3 is 4.90 Å². The van der Waals surface area contributed by atoms with Crippen molar-refractivity contribution < 1.29 is 0 Å². The summed E-state index contributed by atoms with van der Waals surface area (Å²) in [6.45, 7) is 0.779. The molecule has 0 bridgehead atoms. The Hall–Kier alpha value is -2.79. The second-order valence-corrected chi connectivity index (χ2v) is 7.43. The molecule has 26 heavy (non-hydrogen) atoms. The lowest BCUT2D eigenvalue weighted by Gasteiger charge is -2.24. The Morgan fingerprint density at radius 2 is 1.81 bits per heavy atom. The van der Waals surface area contributed by atoms with Crippen LogP contribution in [0.5, 0.6) is 0 Å². The molecule has 4 aromatic rings. The molecule has 4 nitrogen and oxygen atoms in total. The molecule has 0 amide bonds. The van der Waals surface area contributed by atoms with Crippen LogP contribution >= 0.6 is 11.3 Å². The number of thiophene rings is 1. The van der Waals surface area contributed by atoms with E-state index < -0.39 is 0 Å². The molecule has 3 heterocycles. The molecule has 0 atom stereocenters. The standard InChI is InChI=1S/C21H18N4S/c1-2-6-15(7-3-1)18-13-26-21-19(18)20(23-14-24-21)25(17-9-10-17)12-16-8-4-5-11-22-16/h1-8,11,13-14,17H,9-10,12H2. The molecule has 1 aromatic carbocycles. The number of nitrogens with zero attached hydrogens (tertiary/aromatic N) is 4. The minimum absolute atomic E-state index is 0.540. The molecule has 5 heteroatoms. The molecule has 0 unspecified atom stereocenters. The van der Waals surface area contributed by atoms with Crippen LogP contribution in [0.15, 0.2) is 66.4 Å². The molecule has 1 aliphatic carbocycles. The molecule has 1 fully saturated rings. The van der Waals surface area contributed by atoms with Gasteiger partial charge >= 0.3 is 0 Å². The van der Waals surface area contributed by atoms with Gasteiger partial charge in [-0.05, 0) is 30.5 Å². The third kappa shape index (κ3) is 2.84. The van der Waals surface area contributed by atoms with Crippen molar-refractivity contribution in [2.45, 2.75) is 25.4 Å². The fraction of sp³-hybridized carbons (Fsp3) is 0.190. The lowest BCUT2D eigenvalue weighted by Crippen LogP contribution is -2.26. The van der Waals surface area contributed by atoms with Crippen molar-refractivity contribution in [3.05, 3.63) is 72.1 Å². The number of pyridine rings is 1. The molecule has 0 N–H and O–H groups in total. The number of hydrogen-bond acceptors (Lipinski definition) is 5. The number of benzene rings is 1. The van der Waals surface area contributed by atoms with Crippen molar-refractivity contribution in [1.82, 2.24) is 15.0 Å². The first-order valence-corrected chi connectivity index (χ1v) is 9.72. The van der Waals surface area contributed by atoms with Crippen LogP contribution in [0, 0.1) is 0 Å². The van der Waals surface area contributed by atoms with Crippen molar-refractivity contribution in [2.75, 3.05) is 4.90 Å². The predicted molar refractivity (Wildman–Crippen MR) is 106 cm³/mol. The average molecular weight is 358 g/mol. The minimum atomic E-state index is 0.540. The number of aromatic nitrogens is 3. The molecular formula is C21H18N4S. The van der Waals surface area contributed by atoms with Gasteiger partial charge in [0.2, 0.25) is 0 Å². The Labute approximate surface area is 156 Å². The first-order chi connectivity index (χ1) is 12.9. The number of hydrogen-bond donors (Lipinski definition) is 0. The molecule has 0 spiro atoms. The van der Waals surface area contributed by atoms with Crippen molar-refractivity contribution in [1.29, 1.82) is 0 Å².